The van der Waals surface area contributed by atoms with Crippen LogP contribution in [0.3, 0.4) is 0 Å². The van der Waals surface area contributed by atoms with E-state index >= 15 is 0 Å². The Balaban J connectivity index is 2.15. The third-order valence-electron chi connectivity index (χ3n) is 4.52. The van der Waals surface area contributed by atoms with Crippen LogP contribution in [0.1, 0.15) is 39.0 Å². The number of hydrogen-bond donors (Lipinski definition) is 1. The number of methoxy groups -OCH3 is 2. The highest BCUT2D eigenvalue weighted by Crippen LogP contribution is 2.43. The van der Waals surface area contributed by atoms with Gasteiger partial charge in [0.05, 0.1) is 12.7 Å². The Morgan fingerprint density at radius 2 is 1.77 bits per heavy atom. The molecule has 124 valence electrons. The topological polar surface area (TPSA) is 38.7 Å². The van der Waals surface area contributed by atoms with Crippen molar-refractivity contribution in [1.29, 1.82) is 0 Å². The first-order valence-corrected chi connectivity index (χ1v) is 8.99. The summed E-state index contributed by atoms with van der Waals surface area (Å²) in [5.41, 5.74) is -0.583. The fourth-order valence-electron chi connectivity index (χ4n) is 3.36. The minimum Gasteiger partial charge on any atom is -0.497 e. The Hall–Kier alpha value is -0.710. The Morgan fingerprint density at radius 1 is 1.14 bits per heavy atom. The van der Waals surface area contributed by atoms with Crippen molar-refractivity contribution in [1.82, 2.24) is 0 Å². The van der Waals surface area contributed by atoms with Crippen molar-refractivity contribution in [2.45, 2.75) is 54.8 Å². The van der Waals surface area contributed by atoms with E-state index in [2.05, 4.69) is 19.1 Å². The smallest absolute Gasteiger partial charge is 0.118 e. The number of thioether (sulfide) groups is 1. The van der Waals surface area contributed by atoms with E-state index in [1.54, 1.807) is 26.0 Å². The maximum absolute atomic E-state index is 11.2. The molecule has 2 atom stereocenters. The molecule has 1 aromatic rings. The van der Waals surface area contributed by atoms with E-state index in [9.17, 15) is 5.11 Å². The highest BCUT2D eigenvalue weighted by molar-refractivity contribution is 8.00. The lowest BCUT2D eigenvalue weighted by Gasteiger charge is -2.41. The van der Waals surface area contributed by atoms with E-state index < -0.39 is 5.60 Å². The van der Waals surface area contributed by atoms with E-state index in [1.807, 2.05) is 12.1 Å². The van der Waals surface area contributed by atoms with Gasteiger partial charge < -0.3 is 14.6 Å². The van der Waals surface area contributed by atoms with Crippen molar-refractivity contribution in [2.24, 2.45) is 5.92 Å². The third-order valence-corrected chi connectivity index (χ3v) is 6.22. The van der Waals surface area contributed by atoms with E-state index in [-0.39, 0.29) is 5.25 Å². The molecule has 4 heteroatoms. The fraction of sp³-hybridized carbons (Fsp3) is 0.667. The quantitative estimate of drug-likeness (QED) is 0.765. The van der Waals surface area contributed by atoms with Crippen molar-refractivity contribution in [2.75, 3.05) is 20.8 Å². The van der Waals surface area contributed by atoms with Crippen LogP contribution >= 0.6 is 11.8 Å². The van der Waals surface area contributed by atoms with Crippen LogP contribution in [0.25, 0.3) is 0 Å². The van der Waals surface area contributed by atoms with Gasteiger partial charge in [0.15, 0.2) is 0 Å². The largest absolute Gasteiger partial charge is 0.497 e. The van der Waals surface area contributed by atoms with Gasteiger partial charge in [-0.25, -0.2) is 0 Å². The van der Waals surface area contributed by atoms with Crippen LogP contribution in [0, 0.1) is 5.92 Å². The van der Waals surface area contributed by atoms with Gasteiger partial charge >= 0.3 is 0 Å². The van der Waals surface area contributed by atoms with E-state index in [4.69, 9.17) is 9.47 Å². The van der Waals surface area contributed by atoms with Crippen LogP contribution in [-0.4, -0.2) is 36.8 Å². The lowest BCUT2D eigenvalue weighted by Crippen LogP contribution is -2.46. The molecule has 1 aromatic carbocycles. The average molecular weight is 324 g/mol. The van der Waals surface area contributed by atoms with Crippen molar-refractivity contribution >= 4 is 11.8 Å². The molecular formula is C18H28O3S. The van der Waals surface area contributed by atoms with E-state index in [0.29, 0.717) is 12.5 Å². The molecule has 0 bridgehead atoms. The second-order valence-electron chi connectivity index (χ2n) is 6.31. The van der Waals surface area contributed by atoms with Gasteiger partial charge in [0.25, 0.3) is 0 Å². The summed E-state index contributed by atoms with van der Waals surface area (Å²) in [6.45, 7) is 2.85. The number of aliphatic hydroxyl groups is 1. The molecule has 0 heterocycles. The second-order valence-corrected chi connectivity index (χ2v) is 7.53. The third kappa shape index (κ3) is 4.40. The molecule has 1 aliphatic rings. The molecule has 0 saturated heterocycles. The number of benzene rings is 1. The molecule has 1 saturated carbocycles. The first kappa shape index (κ1) is 17.6. The molecule has 0 unspecified atom stereocenters. The van der Waals surface area contributed by atoms with E-state index in [0.717, 1.165) is 31.4 Å². The first-order valence-electron chi connectivity index (χ1n) is 8.11. The summed E-state index contributed by atoms with van der Waals surface area (Å²) in [6, 6.07) is 8.10. The Bertz CT molecular complexity index is 440. The zero-order valence-corrected chi connectivity index (χ0v) is 14.7. The normalized spacial score (nSPS) is 20.4. The summed E-state index contributed by atoms with van der Waals surface area (Å²) in [5, 5.41) is 11.3. The Morgan fingerprint density at radius 3 is 2.32 bits per heavy atom. The predicted octanol–water partition coefficient (Wildman–Crippen LogP) is 4.13. The minimum atomic E-state index is -0.583. The van der Waals surface area contributed by atoms with Gasteiger partial charge in [-0.05, 0) is 43.0 Å². The molecule has 1 aliphatic carbocycles. The molecule has 0 amide bonds. The van der Waals surface area contributed by atoms with Crippen molar-refractivity contribution in [3.05, 3.63) is 24.3 Å². The van der Waals surface area contributed by atoms with Gasteiger partial charge in [-0.1, -0.05) is 26.2 Å². The highest BCUT2D eigenvalue weighted by Gasteiger charge is 2.41. The number of rotatable bonds is 7. The van der Waals surface area contributed by atoms with E-state index in [1.165, 1.54) is 11.3 Å². The van der Waals surface area contributed by atoms with Crippen LogP contribution in [0.2, 0.25) is 0 Å². The van der Waals surface area contributed by atoms with Gasteiger partial charge in [-0.3, -0.25) is 0 Å². The summed E-state index contributed by atoms with van der Waals surface area (Å²) in [5.74, 6) is 1.17. The van der Waals surface area contributed by atoms with Crippen LogP contribution in [0.5, 0.6) is 5.75 Å². The standard InChI is InChI=1S/C18H28O3S/c1-14(13-20-2)17(18(19)11-5-4-6-12-18)22-16-9-7-15(21-3)8-10-16/h7-10,14,17,19H,4-6,11-13H2,1-3H3/t14-,17+/m1/s1. The second kappa shape index (κ2) is 8.23. The molecular weight excluding hydrogens is 296 g/mol. The molecule has 2 rings (SSSR count). The van der Waals surface area contributed by atoms with Gasteiger partial charge in [0.1, 0.15) is 5.75 Å². The lowest BCUT2D eigenvalue weighted by atomic mass is 9.78. The van der Waals surface area contributed by atoms with Crippen LogP contribution < -0.4 is 4.74 Å². The highest BCUT2D eigenvalue weighted by atomic mass is 32.2. The lowest BCUT2D eigenvalue weighted by molar-refractivity contribution is -0.0176. The molecule has 0 aromatic heterocycles. The molecule has 0 aliphatic heterocycles. The molecule has 22 heavy (non-hydrogen) atoms. The molecule has 3 nitrogen and oxygen atoms in total. The minimum absolute atomic E-state index is 0.154. The summed E-state index contributed by atoms with van der Waals surface area (Å²) < 4.78 is 10.6. The summed E-state index contributed by atoms with van der Waals surface area (Å²) >= 11 is 1.78. The molecule has 1 fully saturated rings. The predicted molar refractivity (Wildman–Crippen MR) is 91.7 cm³/mol. The Kier molecular flexibility index (Phi) is 6.60. The first-order chi connectivity index (χ1) is 10.6. The van der Waals surface area contributed by atoms with Crippen LogP contribution in [-0.2, 0) is 4.74 Å². The summed E-state index contributed by atoms with van der Waals surface area (Å²) in [6.07, 6.45) is 5.27. The van der Waals surface area contributed by atoms with Crippen molar-refractivity contribution in [3.8, 4) is 5.75 Å². The Labute approximate surface area is 138 Å². The van der Waals surface area contributed by atoms with Gasteiger partial charge in [0.2, 0.25) is 0 Å². The number of hydrogen-bond acceptors (Lipinski definition) is 4. The van der Waals surface area contributed by atoms with Gasteiger partial charge in [0, 0.05) is 23.9 Å². The SMILES string of the molecule is COC[C@@H](C)[C@H](Sc1ccc(OC)cc1)C1(O)CCCCC1. The maximum atomic E-state index is 11.2. The van der Waals surface area contributed by atoms with Crippen LogP contribution in [0.15, 0.2) is 29.2 Å². The van der Waals surface area contributed by atoms with Gasteiger partial charge in [-0.2, -0.15) is 0 Å². The summed E-state index contributed by atoms with van der Waals surface area (Å²) in [4.78, 5) is 1.17. The van der Waals surface area contributed by atoms with Crippen LogP contribution in [0.4, 0.5) is 0 Å². The molecule has 0 radical (unpaired) electrons. The van der Waals surface area contributed by atoms with Crippen molar-refractivity contribution in [3.63, 3.8) is 0 Å². The fourth-order valence-corrected chi connectivity index (χ4v) is 4.71. The van der Waals surface area contributed by atoms with Gasteiger partial charge in [-0.15, -0.1) is 11.8 Å². The van der Waals surface area contributed by atoms with Crippen molar-refractivity contribution < 1.29 is 14.6 Å². The zero-order chi connectivity index (χ0) is 16.0. The molecule has 1 N–H and O–H groups in total. The molecule has 0 spiro atoms. The maximum Gasteiger partial charge on any atom is 0.118 e. The monoisotopic (exact) mass is 324 g/mol. The zero-order valence-electron chi connectivity index (χ0n) is 13.9. The summed E-state index contributed by atoms with van der Waals surface area (Å²) in [7, 11) is 3.41. The average Bonchev–Trinajstić information content (AvgIpc) is 2.54. The number of ether oxygens (including phenoxy) is 2.